The van der Waals surface area contributed by atoms with Crippen molar-refractivity contribution in [3.8, 4) is 5.75 Å². The molecule has 1 aliphatic rings. The van der Waals surface area contributed by atoms with Gasteiger partial charge in [0.15, 0.2) is 6.10 Å². The van der Waals surface area contributed by atoms with Crippen molar-refractivity contribution in [2.45, 2.75) is 39.2 Å². The number of nitrogens with one attached hydrogen (secondary N) is 1. The maximum atomic E-state index is 12.9. The summed E-state index contributed by atoms with van der Waals surface area (Å²) in [7, 11) is 0. The number of anilines is 2. The molecule has 1 heterocycles. The van der Waals surface area contributed by atoms with Crippen molar-refractivity contribution in [3.05, 3.63) is 54.1 Å². The second-order valence-corrected chi connectivity index (χ2v) is 7.52. The number of carbonyl (C=O) groups excluding carboxylic acids is 2. The van der Waals surface area contributed by atoms with E-state index in [2.05, 4.69) is 26.1 Å². The summed E-state index contributed by atoms with van der Waals surface area (Å²) >= 11 is 0. The minimum Gasteiger partial charge on any atom is -0.481 e. The maximum Gasteiger partial charge on any atom is 0.268 e. The second kappa shape index (κ2) is 6.83. The largest absolute Gasteiger partial charge is 0.481 e. The number of nitrogens with zero attached hydrogens (tertiary/aromatic N) is 1. The van der Waals surface area contributed by atoms with Crippen LogP contribution in [0.3, 0.4) is 0 Å². The van der Waals surface area contributed by atoms with Gasteiger partial charge in [-0.1, -0.05) is 45.0 Å². The molecular formula is C21H24N2O3. The van der Waals surface area contributed by atoms with Gasteiger partial charge >= 0.3 is 0 Å². The summed E-state index contributed by atoms with van der Waals surface area (Å²) in [6.07, 6.45) is -0.700. The van der Waals surface area contributed by atoms with Crippen molar-refractivity contribution in [1.29, 1.82) is 0 Å². The maximum absolute atomic E-state index is 12.9. The zero-order valence-corrected chi connectivity index (χ0v) is 15.6. The van der Waals surface area contributed by atoms with Gasteiger partial charge in [-0.2, -0.15) is 0 Å². The van der Waals surface area contributed by atoms with Crippen LogP contribution in [-0.4, -0.2) is 24.5 Å². The van der Waals surface area contributed by atoms with Gasteiger partial charge in [-0.05, 0) is 42.2 Å². The number of fused-ring (bicyclic) bond motifs is 1. The summed E-state index contributed by atoms with van der Waals surface area (Å²) in [6.45, 7) is 8.14. The van der Waals surface area contributed by atoms with E-state index in [0.29, 0.717) is 17.1 Å². The van der Waals surface area contributed by atoms with Gasteiger partial charge in [0.05, 0.1) is 11.4 Å². The zero-order chi connectivity index (χ0) is 18.9. The molecule has 0 spiro atoms. The summed E-state index contributed by atoms with van der Waals surface area (Å²) in [5.74, 6) is 0.180. The third kappa shape index (κ3) is 3.72. The number of amides is 2. The molecule has 0 fully saturated rings. The second-order valence-electron chi connectivity index (χ2n) is 7.52. The smallest absolute Gasteiger partial charge is 0.268 e. The molecule has 0 unspecified atom stereocenters. The van der Waals surface area contributed by atoms with Gasteiger partial charge in [-0.3, -0.25) is 14.5 Å². The minimum atomic E-state index is -0.700. The normalized spacial score (nSPS) is 15.1. The summed E-state index contributed by atoms with van der Waals surface area (Å²) in [5.41, 5.74) is 2.59. The molecule has 0 saturated carbocycles. The van der Waals surface area contributed by atoms with Crippen LogP contribution in [0.2, 0.25) is 0 Å². The van der Waals surface area contributed by atoms with Crippen LogP contribution in [0.1, 0.15) is 33.3 Å². The molecule has 2 aromatic rings. The van der Waals surface area contributed by atoms with Crippen LogP contribution in [0.15, 0.2) is 48.5 Å². The lowest BCUT2D eigenvalue weighted by molar-refractivity contribution is -0.126. The molecule has 1 aliphatic heterocycles. The molecule has 0 aliphatic carbocycles. The Bertz CT molecular complexity index is 822. The first-order chi connectivity index (χ1) is 12.3. The highest BCUT2D eigenvalue weighted by Crippen LogP contribution is 2.30. The van der Waals surface area contributed by atoms with Gasteiger partial charge in [0.1, 0.15) is 12.3 Å². The Labute approximate surface area is 154 Å². The third-order valence-electron chi connectivity index (χ3n) is 4.42. The Morgan fingerprint density at radius 1 is 1.12 bits per heavy atom. The van der Waals surface area contributed by atoms with E-state index < -0.39 is 6.10 Å². The first kappa shape index (κ1) is 18.0. The topological polar surface area (TPSA) is 58.6 Å². The number of benzene rings is 2. The molecule has 5 heteroatoms. The van der Waals surface area contributed by atoms with Gasteiger partial charge in [0, 0.05) is 0 Å². The fourth-order valence-electron chi connectivity index (χ4n) is 2.94. The Kier molecular flexibility index (Phi) is 4.72. The molecule has 0 bridgehead atoms. The van der Waals surface area contributed by atoms with Crippen molar-refractivity contribution in [3.63, 3.8) is 0 Å². The molecule has 0 radical (unpaired) electrons. The number of rotatable bonds is 3. The van der Waals surface area contributed by atoms with Crippen molar-refractivity contribution in [1.82, 2.24) is 0 Å². The lowest BCUT2D eigenvalue weighted by Gasteiger charge is -2.31. The van der Waals surface area contributed by atoms with E-state index in [1.165, 1.54) is 10.5 Å². The van der Waals surface area contributed by atoms with Crippen LogP contribution in [-0.2, 0) is 15.0 Å². The minimum absolute atomic E-state index is 0.00743. The third-order valence-corrected chi connectivity index (χ3v) is 4.42. The van der Waals surface area contributed by atoms with Crippen molar-refractivity contribution in [2.24, 2.45) is 0 Å². The monoisotopic (exact) mass is 352 g/mol. The first-order valence-corrected chi connectivity index (χ1v) is 8.73. The highest BCUT2D eigenvalue weighted by molar-refractivity contribution is 6.10. The quantitative estimate of drug-likeness (QED) is 0.915. The molecule has 0 aromatic heterocycles. The van der Waals surface area contributed by atoms with E-state index >= 15 is 0 Å². The Balaban J connectivity index is 1.75. The first-order valence-electron chi connectivity index (χ1n) is 8.73. The van der Waals surface area contributed by atoms with Crippen LogP contribution < -0.4 is 15.0 Å². The zero-order valence-electron chi connectivity index (χ0n) is 15.6. The standard InChI is InChI=1S/C21H24N2O3/c1-14(26-16-11-9-15(10-12-16)21(2,3)4)20(25)23-13-19(24)22-17-7-5-6-8-18(17)23/h5-12,14H,13H2,1-4H3,(H,22,24)/t14-/m0/s1. The molecule has 1 atom stereocenters. The number of carbonyl (C=O) groups is 2. The molecule has 26 heavy (non-hydrogen) atoms. The van der Waals surface area contributed by atoms with Gasteiger partial charge in [-0.15, -0.1) is 0 Å². The summed E-state index contributed by atoms with van der Waals surface area (Å²) in [5, 5.41) is 2.78. The number of para-hydroxylation sites is 2. The van der Waals surface area contributed by atoms with E-state index in [1.807, 2.05) is 42.5 Å². The number of hydrogen-bond acceptors (Lipinski definition) is 3. The van der Waals surface area contributed by atoms with Gasteiger partial charge in [0.2, 0.25) is 5.91 Å². The lowest BCUT2D eigenvalue weighted by Crippen LogP contribution is -2.47. The van der Waals surface area contributed by atoms with E-state index in [4.69, 9.17) is 4.74 Å². The summed E-state index contributed by atoms with van der Waals surface area (Å²) in [4.78, 5) is 26.2. The Morgan fingerprint density at radius 2 is 1.77 bits per heavy atom. The van der Waals surface area contributed by atoms with E-state index in [-0.39, 0.29) is 23.8 Å². The predicted octanol–water partition coefficient (Wildman–Crippen LogP) is 3.74. The Hall–Kier alpha value is -2.82. The molecule has 0 saturated heterocycles. The van der Waals surface area contributed by atoms with Crippen LogP contribution in [0.25, 0.3) is 0 Å². The molecule has 136 valence electrons. The van der Waals surface area contributed by atoms with Crippen LogP contribution in [0, 0.1) is 0 Å². The highest BCUT2D eigenvalue weighted by Gasteiger charge is 2.30. The average molecular weight is 352 g/mol. The number of hydrogen-bond donors (Lipinski definition) is 1. The SMILES string of the molecule is C[C@H](Oc1ccc(C(C)(C)C)cc1)C(=O)N1CC(=O)Nc2ccccc21. The van der Waals surface area contributed by atoms with Crippen LogP contribution in [0.5, 0.6) is 5.75 Å². The summed E-state index contributed by atoms with van der Waals surface area (Å²) < 4.78 is 5.82. The van der Waals surface area contributed by atoms with Gasteiger partial charge in [-0.25, -0.2) is 0 Å². The molecule has 3 rings (SSSR count). The summed E-state index contributed by atoms with van der Waals surface area (Å²) in [6, 6.07) is 15.0. The lowest BCUT2D eigenvalue weighted by atomic mass is 9.87. The number of ether oxygens (including phenoxy) is 1. The molecular weight excluding hydrogens is 328 g/mol. The van der Waals surface area contributed by atoms with Crippen molar-refractivity contribution < 1.29 is 14.3 Å². The van der Waals surface area contributed by atoms with Gasteiger partial charge < -0.3 is 10.1 Å². The van der Waals surface area contributed by atoms with E-state index in [0.717, 1.165) is 0 Å². The fourth-order valence-corrected chi connectivity index (χ4v) is 2.94. The molecule has 1 N–H and O–H groups in total. The van der Waals surface area contributed by atoms with Gasteiger partial charge in [0.25, 0.3) is 5.91 Å². The predicted molar refractivity (Wildman–Crippen MR) is 103 cm³/mol. The molecule has 2 amide bonds. The fraction of sp³-hybridized carbons (Fsp3) is 0.333. The Morgan fingerprint density at radius 3 is 2.42 bits per heavy atom. The van der Waals surface area contributed by atoms with Crippen LogP contribution in [0.4, 0.5) is 11.4 Å². The van der Waals surface area contributed by atoms with E-state index in [1.54, 1.807) is 13.0 Å². The average Bonchev–Trinajstić information content (AvgIpc) is 2.60. The van der Waals surface area contributed by atoms with Crippen LogP contribution >= 0.6 is 0 Å². The highest BCUT2D eigenvalue weighted by atomic mass is 16.5. The van der Waals surface area contributed by atoms with Crippen molar-refractivity contribution >= 4 is 23.2 Å². The molecule has 2 aromatic carbocycles. The molecule has 5 nitrogen and oxygen atoms in total. The van der Waals surface area contributed by atoms with Crippen molar-refractivity contribution in [2.75, 3.05) is 16.8 Å². The van der Waals surface area contributed by atoms with E-state index in [9.17, 15) is 9.59 Å².